The van der Waals surface area contributed by atoms with Crippen LogP contribution < -0.4 is 15.5 Å². The monoisotopic (exact) mass is 386 g/mol. The summed E-state index contributed by atoms with van der Waals surface area (Å²) in [5.41, 5.74) is 7.22. The van der Waals surface area contributed by atoms with Crippen LogP contribution in [0.15, 0.2) is 66.9 Å². The van der Waals surface area contributed by atoms with Crippen LogP contribution in [0.5, 0.6) is 5.75 Å². The van der Waals surface area contributed by atoms with E-state index in [-0.39, 0.29) is 24.0 Å². The highest BCUT2D eigenvalue weighted by atomic mass is 16.5. The SMILES string of the molecule is COc1ccc(C2C(C)NN3C(=O)C=C(c4ccc5ncccc5c4)NC23)cc1. The molecule has 5 rings (SSSR count). The van der Waals surface area contributed by atoms with Gasteiger partial charge in [0.1, 0.15) is 11.9 Å². The fourth-order valence-electron chi connectivity index (χ4n) is 4.27. The maximum Gasteiger partial charge on any atom is 0.264 e. The van der Waals surface area contributed by atoms with Crippen molar-refractivity contribution in [2.24, 2.45) is 0 Å². The molecule has 2 aliphatic rings. The molecule has 3 atom stereocenters. The lowest BCUT2D eigenvalue weighted by Crippen LogP contribution is -2.52. The Morgan fingerprint density at radius 2 is 1.93 bits per heavy atom. The highest BCUT2D eigenvalue weighted by Crippen LogP contribution is 2.35. The first kappa shape index (κ1) is 17.7. The number of carbonyl (C=O) groups is 1. The summed E-state index contributed by atoms with van der Waals surface area (Å²) in [4.78, 5) is 17.2. The Labute approximate surface area is 169 Å². The molecule has 1 fully saturated rings. The molecule has 2 N–H and O–H groups in total. The van der Waals surface area contributed by atoms with Gasteiger partial charge in [0.25, 0.3) is 5.91 Å². The minimum Gasteiger partial charge on any atom is -0.497 e. The van der Waals surface area contributed by atoms with Crippen molar-refractivity contribution < 1.29 is 9.53 Å². The van der Waals surface area contributed by atoms with E-state index in [9.17, 15) is 4.79 Å². The molecule has 0 saturated carbocycles. The molecule has 6 nitrogen and oxygen atoms in total. The van der Waals surface area contributed by atoms with Crippen molar-refractivity contribution in [1.82, 2.24) is 20.7 Å². The van der Waals surface area contributed by atoms with Crippen LogP contribution in [0.3, 0.4) is 0 Å². The van der Waals surface area contributed by atoms with Gasteiger partial charge < -0.3 is 10.1 Å². The zero-order valence-electron chi connectivity index (χ0n) is 16.3. The third-order valence-electron chi connectivity index (χ3n) is 5.72. The van der Waals surface area contributed by atoms with Gasteiger partial charge in [-0.05, 0) is 48.4 Å². The smallest absolute Gasteiger partial charge is 0.264 e. The number of methoxy groups -OCH3 is 1. The molecule has 2 aromatic carbocycles. The van der Waals surface area contributed by atoms with Crippen LogP contribution in [0.4, 0.5) is 0 Å². The summed E-state index contributed by atoms with van der Waals surface area (Å²) < 4.78 is 5.28. The average Bonchev–Trinajstić information content (AvgIpc) is 3.10. The second-order valence-electron chi connectivity index (χ2n) is 7.48. The molecule has 3 unspecified atom stereocenters. The number of fused-ring (bicyclic) bond motifs is 2. The fourth-order valence-corrected chi connectivity index (χ4v) is 4.27. The number of pyridine rings is 1. The number of rotatable bonds is 3. The van der Waals surface area contributed by atoms with Gasteiger partial charge in [-0.15, -0.1) is 0 Å². The number of amides is 1. The van der Waals surface area contributed by atoms with E-state index < -0.39 is 0 Å². The van der Waals surface area contributed by atoms with Crippen molar-refractivity contribution in [1.29, 1.82) is 0 Å². The summed E-state index contributed by atoms with van der Waals surface area (Å²) in [6, 6.07) is 18.2. The van der Waals surface area contributed by atoms with Gasteiger partial charge in [0.2, 0.25) is 0 Å². The minimum atomic E-state index is -0.171. The molecule has 2 aliphatic heterocycles. The Morgan fingerprint density at radius 3 is 2.72 bits per heavy atom. The summed E-state index contributed by atoms with van der Waals surface area (Å²) >= 11 is 0. The summed E-state index contributed by atoms with van der Waals surface area (Å²) in [6.07, 6.45) is 3.27. The van der Waals surface area contributed by atoms with Crippen molar-refractivity contribution in [2.75, 3.05) is 7.11 Å². The van der Waals surface area contributed by atoms with Gasteiger partial charge >= 0.3 is 0 Å². The minimum absolute atomic E-state index is 0.0436. The molecular formula is C23H22N4O2. The maximum absolute atomic E-state index is 12.9. The summed E-state index contributed by atoms with van der Waals surface area (Å²) in [7, 11) is 1.66. The topological polar surface area (TPSA) is 66.5 Å². The molecule has 6 heteroatoms. The number of ether oxygens (including phenoxy) is 1. The van der Waals surface area contributed by atoms with Crippen molar-refractivity contribution >= 4 is 22.5 Å². The number of aromatic nitrogens is 1. The van der Waals surface area contributed by atoms with Gasteiger partial charge in [-0.2, -0.15) is 0 Å². The van der Waals surface area contributed by atoms with Crippen LogP contribution in [-0.2, 0) is 4.79 Å². The third kappa shape index (κ3) is 3.02. The summed E-state index contributed by atoms with van der Waals surface area (Å²) in [5.74, 6) is 0.885. The number of hydrazine groups is 1. The Hall–Kier alpha value is -3.38. The van der Waals surface area contributed by atoms with E-state index >= 15 is 0 Å². The average molecular weight is 386 g/mol. The number of carbonyl (C=O) groups excluding carboxylic acids is 1. The third-order valence-corrected chi connectivity index (χ3v) is 5.72. The Morgan fingerprint density at radius 1 is 1.10 bits per heavy atom. The van der Waals surface area contributed by atoms with E-state index in [1.54, 1.807) is 24.4 Å². The van der Waals surface area contributed by atoms with E-state index in [1.807, 2.05) is 36.4 Å². The number of hydrogen-bond acceptors (Lipinski definition) is 5. The zero-order chi connectivity index (χ0) is 20.0. The van der Waals surface area contributed by atoms with Gasteiger partial charge in [-0.3, -0.25) is 14.8 Å². The van der Waals surface area contributed by atoms with Crippen LogP contribution in [0.25, 0.3) is 16.6 Å². The van der Waals surface area contributed by atoms with E-state index in [4.69, 9.17) is 4.74 Å². The van der Waals surface area contributed by atoms with Gasteiger partial charge in [0.05, 0.1) is 12.6 Å². The van der Waals surface area contributed by atoms with Gasteiger partial charge in [0, 0.05) is 35.3 Å². The number of nitrogens with one attached hydrogen (secondary N) is 2. The Balaban J connectivity index is 1.49. The van der Waals surface area contributed by atoms with Gasteiger partial charge in [0.15, 0.2) is 0 Å². The van der Waals surface area contributed by atoms with E-state index in [0.29, 0.717) is 0 Å². The predicted octanol–water partition coefficient (Wildman–Crippen LogP) is 3.03. The molecule has 0 aliphatic carbocycles. The van der Waals surface area contributed by atoms with Crippen molar-refractivity contribution in [3.05, 3.63) is 78.0 Å². The van der Waals surface area contributed by atoms with Crippen LogP contribution >= 0.6 is 0 Å². The quantitative estimate of drug-likeness (QED) is 0.724. The lowest BCUT2D eigenvalue weighted by molar-refractivity contribution is -0.130. The Bertz CT molecular complexity index is 1110. The van der Waals surface area contributed by atoms with Crippen molar-refractivity contribution in [3.8, 4) is 5.75 Å². The Kier molecular flexibility index (Phi) is 4.21. The predicted molar refractivity (Wildman–Crippen MR) is 112 cm³/mol. The van der Waals surface area contributed by atoms with Crippen molar-refractivity contribution in [2.45, 2.75) is 25.0 Å². The van der Waals surface area contributed by atoms with E-state index in [2.05, 4.69) is 40.8 Å². The summed E-state index contributed by atoms with van der Waals surface area (Å²) in [5, 5.41) is 6.33. The van der Waals surface area contributed by atoms with Crippen LogP contribution in [0.1, 0.15) is 24.0 Å². The number of benzene rings is 2. The highest BCUT2D eigenvalue weighted by molar-refractivity contribution is 5.97. The maximum atomic E-state index is 12.9. The second kappa shape index (κ2) is 6.90. The van der Waals surface area contributed by atoms with E-state index in [0.717, 1.165) is 33.5 Å². The fraction of sp³-hybridized carbons (Fsp3) is 0.217. The van der Waals surface area contributed by atoms with Crippen LogP contribution in [-0.4, -0.2) is 35.2 Å². The first-order chi connectivity index (χ1) is 14.1. The number of hydrogen-bond donors (Lipinski definition) is 2. The van der Waals surface area contributed by atoms with Crippen LogP contribution in [0, 0.1) is 0 Å². The highest BCUT2D eigenvalue weighted by Gasteiger charge is 2.44. The molecule has 3 aromatic rings. The lowest BCUT2D eigenvalue weighted by atomic mass is 9.90. The molecule has 1 aromatic heterocycles. The molecule has 1 amide bonds. The van der Waals surface area contributed by atoms with E-state index in [1.165, 1.54) is 0 Å². The molecule has 0 spiro atoms. The molecule has 1 saturated heterocycles. The van der Waals surface area contributed by atoms with Gasteiger partial charge in [-0.1, -0.05) is 24.3 Å². The normalized spacial score (nSPS) is 23.5. The number of nitrogens with zero attached hydrogens (tertiary/aromatic N) is 2. The molecule has 29 heavy (non-hydrogen) atoms. The second-order valence-corrected chi connectivity index (χ2v) is 7.48. The molecule has 0 bridgehead atoms. The van der Waals surface area contributed by atoms with Crippen molar-refractivity contribution in [3.63, 3.8) is 0 Å². The largest absolute Gasteiger partial charge is 0.497 e. The first-order valence-electron chi connectivity index (χ1n) is 9.71. The molecule has 0 radical (unpaired) electrons. The standard InChI is InChI=1S/C23H22N4O2/c1-14-22(15-5-8-18(29-2)9-6-15)23-25-20(13-21(28)27(23)26-14)17-7-10-19-16(12-17)4-3-11-24-19/h3-14,22-23,25-26H,1-2H3. The summed E-state index contributed by atoms with van der Waals surface area (Å²) in [6.45, 7) is 2.10. The molecule has 3 heterocycles. The van der Waals surface area contributed by atoms with Gasteiger partial charge in [-0.25, -0.2) is 5.43 Å². The molecular weight excluding hydrogens is 364 g/mol. The zero-order valence-corrected chi connectivity index (χ0v) is 16.3. The lowest BCUT2D eigenvalue weighted by Gasteiger charge is -2.33. The molecule has 146 valence electrons. The first-order valence-corrected chi connectivity index (χ1v) is 9.71. The van der Waals surface area contributed by atoms with Crippen LogP contribution in [0.2, 0.25) is 0 Å².